The van der Waals surface area contributed by atoms with E-state index in [-0.39, 0.29) is 11.1 Å². The average Bonchev–Trinajstić information content (AvgIpc) is 3.27. The Hall–Kier alpha value is -3.78. The molecule has 0 unspecified atom stereocenters. The zero-order valence-electron chi connectivity index (χ0n) is 18.8. The van der Waals surface area contributed by atoms with E-state index in [0.717, 1.165) is 45.7 Å². The highest BCUT2D eigenvalue weighted by molar-refractivity contribution is 8.16. The molecule has 172 valence electrons. The van der Waals surface area contributed by atoms with E-state index in [4.69, 9.17) is 9.47 Å². The molecule has 0 aliphatic carbocycles. The van der Waals surface area contributed by atoms with E-state index in [0.29, 0.717) is 18.8 Å². The number of rotatable bonds is 7. The Balaban J connectivity index is 1.25. The number of fused-ring (bicyclic) bond motifs is 1. The van der Waals surface area contributed by atoms with Gasteiger partial charge in [-0.25, -0.2) is 4.98 Å². The van der Waals surface area contributed by atoms with Crippen LogP contribution in [0.2, 0.25) is 0 Å². The van der Waals surface area contributed by atoms with Gasteiger partial charge < -0.3 is 14.0 Å². The summed E-state index contributed by atoms with van der Waals surface area (Å²) in [5.74, 6) is 2.77. The molecule has 1 aliphatic rings. The van der Waals surface area contributed by atoms with Crippen LogP contribution in [0.5, 0.6) is 17.2 Å². The zero-order chi connectivity index (χ0) is 23.7. The van der Waals surface area contributed by atoms with Gasteiger partial charge in [-0.15, -0.1) is 0 Å². The standard InChI is InChI=1S/C26H23N3O4S/c1-26(24(30)28-25(31)34-26)15-17-8-10-18(11-9-17)32-16-23-27-21-13-12-20(14-22(21)29(23)2)33-19-6-4-3-5-7-19/h3-14H,15-16H2,1-2H3,(H,28,30,31)/t26-/m0/s1. The number of hydrogen-bond donors (Lipinski definition) is 1. The molecule has 1 fully saturated rings. The second kappa shape index (κ2) is 8.87. The molecule has 0 saturated carbocycles. The molecular formula is C26H23N3O4S. The fourth-order valence-electron chi connectivity index (χ4n) is 3.90. The van der Waals surface area contributed by atoms with Gasteiger partial charge >= 0.3 is 0 Å². The Kier molecular flexibility index (Phi) is 5.75. The van der Waals surface area contributed by atoms with E-state index in [2.05, 4.69) is 10.3 Å². The number of hydrogen-bond acceptors (Lipinski definition) is 6. The second-order valence-corrected chi connectivity index (χ2v) is 9.81. The number of nitrogens with zero attached hydrogens (tertiary/aromatic N) is 2. The lowest BCUT2D eigenvalue weighted by Gasteiger charge is -2.18. The van der Waals surface area contributed by atoms with E-state index in [1.807, 2.05) is 84.4 Å². The number of imide groups is 1. The van der Waals surface area contributed by atoms with Gasteiger partial charge in [0.15, 0.2) is 0 Å². The van der Waals surface area contributed by atoms with Crippen LogP contribution in [0.4, 0.5) is 4.79 Å². The molecule has 2 amide bonds. The van der Waals surface area contributed by atoms with E-state index >= 15 is 0 Å². The molecule has 8 heteroatoms. The number of aryl methyl sites for hydroxylation is 1. The lowest BCUT2D eigenvalue weighted by Crippen LogP contribution is -2.35. The summed E-state index contributed by atoms with van der Waals surface area (Å²) in [6.45, 7) is 2.09. The van der Waals surface area contributed by atoms with Crippen LogP contribution < -0.4 is 14.8 Å². The number of thioether (sulfide) groups is 1. The quantitative estimate of drug-likeness (QED) is 0.396. The number of imidazole rings is 1. The fourth-order valence-corrected chi connectivity index (χ4v) is 4.83. The van der Waals surface area contributed by atoms with Crippen molar-refractivity contribution in [3.8, 4) is 17.2 Å². The minimum atomic E-state index is -0.782. The number of benzene rings is 3. The Morgan fingerprint density at radius 2 is 1.71 bits per heavy atom. The third-order valence-corrected chi connectivity index (χ3v) is 6.84. The second-order valence-electron chi connectivity index (χ2n) is 8.34. The minimum absolute atomic E-state index is 0.248. The van der Waals surface area contributed by atoms with Gasteiger partial charge in [0, 0.05) is 13.1 Å². The summed E-state index contributed by atoms with van der Waals surface area (Å²) in [6.07, 6.45) is 0.466. The first kappa shape index (κ1) is 22.0. The highest BCUT2D eigenvalue weighted by Gasteiger charge is 2.43. The molecule has 5 rings (SSSR count). The van der Waals surface area contributed by atoms with Crippen molar-refractivity contribution in [1.82, 2.24) is 14.9 Å². The number of carbonyl (C=O) groups is 2. The van der Waals surface area contributed by atoms with Gasteiger partial charge in [-0.3, -0.25) is 14.9 Å². The Labute approximate surface area is 201 Å². The number of ether oxygens (including phenoxy) is 2. The third kappa shape index (κ3) is 4.49. The minimum Gasteiger partial charge on any atom is -0.486 e. The van der Waals surface area contributed by atoms with Crippen molar-refractivity contribution in [2.45, 2.75) is 24.7 Å². The van der Waals surface area contributed by atoms with Gasteiger partial charge in [0.05, 0.1) is 11.0 Å². The maximum atomic E-state index is 12.1. The van der Waals surface area contributed by atoms with E-state index in [1.165, 1.54) is 0 Å². The molecule has 1 aromatic heterocycles. The number of nitrogens with one attached hydrogen (secondary N) is 1. The SMILES string of the molecule is Cn1c(COc2ccc(C[C@]3(C)SC(=O)NC3=O)cc2)nc2ccc(Oc3ccccc3)cc21. The van der Waals surface area contributed by atoms with Crippen LogP contribution in [0, 0.1) is 0 Å². The monoisotopic (exact) mass is 473 g/mol. The molecule has 34 heavy (non-hydrogen) atoms. The maximum absolute atomic E-state index is 12.1. The topological polar surface area (TPSA) is 82.5 Å². The first-order chi connectivity index (χ1) is 16.4. The molecule has 0 radical (unpaired) electrons. The molecule has 4 aromatic rings. The van der Waals surface area contributed by atoms with Crippen LogP contribution in [0.25, 0.3) is 11.0 Å². The molecule has 1 saturated heterocycles. The van der Waals surface area contributed by atoms with Gasteiger partial charge in [0.1, 0.15) is 34.4 Å². The summed E-state index contributed by atoms with van der Waals surface area (Å²) in [7, 11) is 1.95. The Morgan fingerprint density at radius 3 is 2.41 bits per heavy atom. The van der Waals surface area contributed by atoms with Crippen LogP contribution in [0.15, 0.2) is 72.8 Å². The first-order valence-corrected chi connectivity index (χ1v) is 11.7. The summed E-state index contributed by atoms with van der Waals surface area (Å²) >= 11 is 1.04. The van der Waals surface area contributed by atoms with Gasteiger partial charge in [0.25, 0.3) is 5.24 Å². The van der Waals surface area contributed by atoms with Gasteiger partial charge in [-0.1, -0.05) is 30.3 Å². The summed E-state index contributed by atoms with van der Waals surface area (Å²) in [4.78, 5) is 28.3. The molecule has 0 bridgehead atoms. The van der Waals surface area contributed by atoms with E-state index in [1.54, 1.807) is 6.92 Å². The van der Waals surface area contributed by atoms with Crippen LogP contribution in [0.3, 0.4) is 0 Å². The van der Waals surface area contributed by atoms with Crippen molar-refractivity contribution in [2.75, 3.05) is 0 Å². The van der Waals surface area contributed by atoms with Crippen molar-refractivity contribution in [3.05, 3.63) is 84.2 Å². The average molecular weight is 474 g/mol. The van der Waals surface area contributed by atoms with Gasteiger partial charge in [-0.05, 0) is 67.1 Å². The lowest BCUT2D eigenvalue weighted by molar-refractivity contribution is -0.121. The fraction of sp³-hybridized carbons (Fsp3) is 0.192. The molecule has 2 heterocycles. The Bertz CT molecular complexity index is 1370. The van der Waals surface area contributed by atoms with Crippen LogP contribution in [-0.4, -0.2) is 25.4 Å². The highest BCUT2D eigenvalue weighted by atomic mass is 32.2. The van der Waals surface area contributed by atoms with Crippen LogP contribution in [0.1, 0.15) is 18.3 Å². The summed E-state index contributed by atoms with van der Waals surface area (Å²) in [5.41, 5.74) is 2.78. The molecule has 7 nitrogen and oxygen atoms in total. The normalized spacial score (nSPS) is 17.7. The van der Waals surface area contributed by atoms with Crippen LogP contribution in [-0.2, 0) is 24.9 Å². The molecule has 1 N–H and O–H groups in total. The van der Waals surface area contributed by atoms with Crippen molar-refractivity contribution >= 4 is 33.9 Å². The number of amides is 2. The summed E-state index contributed by atoms with van der Waals surface area (Å²) < 4.78 is 13.1. The van der Waals surface area contributed by atoms with Crippen molar-refractivity contribution < 1.29 is 19.1 Å². The molecule has 0 spiro atoms. The van der Waals surface area contributed by atoms with Gasteiger partial charge in [-0.2, -0.15) is 0 Å². The van der Waals surface area contributed by atoms with E-state index in [9.17, 15) is 9.59 Å². The molecular weight excluding hydrogens is 450 g/mol. The maximum Gasteiger partial charge on any atom is 0.286 e. The summed E-state index contributed by atoms with van der Waals surface area (Å²) in [6, 6.07) is 23.0. The molecule has 3 aromatic carbocycles. The predicted octanol–water partition coefficient (Wildman–Crippen LogP) is 5.23. The molecule has 1 atom stereocenters. The number of para-hydroxylation sites is 1. The van der Waals surface area contributed by atoms with E-state index < -0.39 is 4.75 Å². The molecule has 1 aliphatic heterocycles. The van der Waals surface area contributed by atoms with Crippen molar-refractivity contribution in [3.63, 3.8) is 0 Å². The van der Waals surface area contributed by atoms with Crippen molar-refractivity contribution in [1.29, 1.82) is 0 Å². The largest absolute Gasteiger partial charge is 0.486 e. The summed E-state index contributed by atoms with van der Waals surface area (Å²) in [5, 5.41) is 2.05. The number of carbonyl (C=O) groups excluding carboxylic acids is 2. The zero-order valence-corrected chi connectivity index (χ0v) is 19.6. The third-order valence-electron chi connectivity index (χ3n) is 5.77. The smallest absolute Gasteiger partial charge is 0.286 e. The lowest BCUT2D eigenvalue weighted by atomic mass is 9.99. The highest BCUT2D eigenvalue weighted by Crippen LogP contribution is 2.35. The number of aromatic nitrogens is 2. The van der Waals surface area contributed by atoms with Gasteiger partial charge in [0.2, 0.25) is 5.91 Å². The predicted molar refractivity (Wildman–Crippen MR) is 131 cm³/mol. The first-order valence-electron chi connectivity index (χ1n) is 10.8. The van der Waals surface area contributed by atoms with Crippen LogP contribution >= 0.6 is 11.8 Å². The van der Waals surface area contributed by atoms with Crippen molar-refractivity contribution in [2.24, 2.45) is 7.05 Å². The Morgan fingerprint density at radius 1 is 0.971 bits per heavy atom.